The van der Waals surface area contributed by atoms with Gasteiger partial charge >= 0.3 is 0 Å². The predicted octanol–water partition coefficient (Wildman–Crippen LogP) is 0.929. The molecule has 0 saturated carbocycles. The van der Waals surface area contributed by atoms with Crippen molar-refractivity contribution >= 4 is 15.9 Å². The zero-order chi connectivity index (χ0) is 17.9. The number of carbonyl (C=O) groups excluding carboxylic acids is 1. The maximum absolute atomic E-state index is 13.2. The molecule has 1 aromatic carbocycles. The summed E-state index contributed by atoms with van der Waals surface area (Å²) in [5.74, 6) is -2.63. The molecule has 1 fully saturated rings. The van der Waals surface area contributed by atoms with E-state index in [-0.39, 0.29) is 18.7 Å². The molecule has 1 saturated heterocycles. The Hall–Kier alpha value is -1.58. The van der Waals surface area contributed by atoms with Crippen molar-refractivity contribution in [2.45, 2.75) is 31.4 Å². The van der Waals surface area contributed by atoms with E-state index in [1.165, 1.54) is 6.07 Å². The normalized spacial score (nSPS) is 20.6. The predicted molar refractivity (Wildman–Crippen MR) is 83.5 cm³/mol. The fraction of sp³-hybridized carbons (Fsp3) is 0.533. The Morgan fingerprint density at radius 1 is 1.38 bits per heavy atom. The fourth-order valence-corrected chi connectivity index (χ4v) is 3.84. The molecule has 2 N–H and O–H groups in total. The molecule has 134 valence electrons. The van der Waals surface area contributed by atoms with Gasteiger partial charge in [0.15, 0.2) is 11.6 Å². The van der Waals surface area contributed by atoms with Crippen molar-refractivity contribution in [3.63, 3.8) is 0 Å². The smallest absolute Gasteiger partial charge is 0.238 e. The van der Waals surface area contributed by atoms with E-state index < -0.39 is 39.7 Å². The summed E-state index contributed by atoms with van der Waals surface area (Å²) in [5.41, 5.74) is 0.123. The van der Waals surface area contributed by atoms with Crippen LogP contribution in [0.1, 0.15) is 30.9 Å². The molecule has 1 heterocycles. The van der Waals surface area contributed by atoms with E-state index in [1.54, 1.807) is 0 Å². The summed E-state index contributed by atoms with van der Waals surface area (Å²) in [5, 5.41) is 12.4. The van der Waals surface area contributed by atoms with Crippen LogP contribution in [0, 0.1) is 11.6 Å². The Kier molecular flexibility index (Phi) is 5.89. The molecule has 1 amide bonds. The third-order valence-corrected chi connectivity index (χ3v) is 5.27. The van der Waals surface area contributed by atoms with Gasteiger partial charge in [0.2, 0.25) is 15.9 Å². The van der Waals surface area contributed by atoms with Crippen LogP contribution in [0.5, 0.6) is 0 Å². The third kappa shape index (κ3) is 4.49. The Labute approximate surface area is 139 Å². The van der Waals surface area contributed by atoms with E-state index in [0.29, 0.717) is 12.8 Å². The largest absolute Gasteiger partial charge is 0.387 e. The number of hydrogen-bond donors (Lipinski definition) is 2. The minimum atomic E-state index is -3.50. The van der Waals surface area contributed by atoms with Gasteiger partial charge in [-0.1, -0.05) is 12.5 Å². The number of aliphatic hydroxyl groups is 1. The number of rotatable bonds is 5. The maximum Gasteiger partial charge on any atom is 0.238 e. The first kappa shape index (κ1) is 18.8. The summed E-state index contributed by atoms with van der Waals surface area (Å²) >= 11 is 0. The average molecular weight is 362 g/mol. The molecule has 0 radical (unpaired) electrons. The molecule has 24 heavy (non-hydrogen) atoms. The SMILES string of the molecule is CS(=O)(=O)N1CCCCC1C(=O)NCC(O)c1ccc(F)c(F)c1. The van der Waals surface area contributed by atoms with Crippen LogP contribution >= 0.6 is 0 Å². The number of halogens is 2. The number of sulfonamides is 1. The summed E-state index contributed by atoms with van der Waals surface area (Å²) in [6.07, 6.45) is 1.65. The summed E-state index contributed by atoms with van der Waals surface area (Å²) in [7, 11) is -3.50. The van der Waals surface area contributed by atoms with E-state index in [2.05, 4.69) is 5.32 Å². The van der Waals surface area contributed by atoms with Gasteiger partial charge in [-0.3, -0.25) is 4.79 Å². The summed E-state index contributed by atoms with van der Waals surface area (Å²) in [6.45, 7) is 0.0562. The minimum Gasteiger partial charge on any atom is -0.387 e. The van der Waals surface area contributed by atoms with Crippen LogP contribution in [0.4, 0.5) is 8.78 Å². The second-order valence-electron chi connectivity index (χ2n) is 5.82. The first-order chi connectivity index (χ1) is 11.2. The second kappa shape index (κ2) is 7.54. The molecule has 2 rings (SSSR count). The Bertz CT molecular complexity index is 711. The number of piperidine rings is 1. The minimum absolute atomic E-state index is 0.123. The van der Waals surface area contributed by atoms with E-state index in [1.807, 2.05) is 0 Å². The highest BCUT2D eigenvalue weighted by atomic mass is 32.2. The molecule has 0 bridgehead atoms. The number of benzene rings is 1. The van der Waals surface area contributed by atoms with Crippen molar-refractivity contribution in [2.24, 2.45) is 0 Å². The molecule has 2 atom stereocenters. The average Bonchev–Trinajstić information content (AvgIpc) is 2.54. The van der Waals surface area contributed by atoms with E-state index >= 15 is 0 Å². The van der Waals surface area contributed by atoms with Gasteiger partial charge in [-0.25, -0.2) is 17.2 Å². The molecular weight excluding hydrogens is 342 g/mol. The van der Waals surface area contributed by atoms with Crippen LogP contribution in [0.2, 0.25) is 0 Å². The van der Waals surface area contributed by atoms with Crippen molar-refractivity contribution in [3.8, 4) is 0 Å². The van der Waals surface area contributed by atoms with E-state index in [9.17, 15) is 27.1 Å². The zero-order valence-corrected chi connectivity index (χ0v) is 14.0. The van der Waals surface area contributed by atoms with Gasteiger partial charge in [0, 0.05) is 13.1 Å². The number of hydrogen-bond acceptors (Lipinski definition) is 4. The van der Waals surface area contributed by atoms with Crippen LogP contribution in [0.3, 0.4) is 0 Å². The standard InChI is InChI=1S/C15H20F2N2O4S/c1-24(22,23)19-7-3-2-4-13(19)15(21)18-9-14(20)10-5-6-11(16)12(17)8-10/h5-6,8,13-14,20H,2-4,7,9H2,1H3,(H,18,21). The molecular formula is C15H20F2N2O4S. The lowest BCUT2D eigenvalue weighted by atomic mass is 10.0. The Morgan fingerprint density at radius 3 is 2.71 bits per heavy atom. The van der Waals surface area contributed by atoms with Crippen LogP contribution < -0.4 is 5.32 Å². The zero-order valence-electron chi connectivity index (χ0n) is 13.2. The highest BCUT2D eigenvalue weighted by molar-refractivity contribution is 7.88. The number of nitrogens with zero attached hydrogens (tertiary/aromatic N) is 1. The highest BCUT2D eigenvalue weighted by Gasteiger charge is 2.34. The summed E-state index contributed by atoms with van der Waals surface area (Å²) in [4.78, 5) is 12.2. The quantitative estimate of drug-likeness (QED) is 0.816. The van der Waals surface area contributed by atoms with Crippen LogP contribution in [0.15, 0.2) is 18.2 Å². The molecule has 1 aliphatic heterocycles. The van der Waals surface area contributed by atoms with Gasteiger partial charge in [0.05, 0.1) is 12.4 Å². The topological polar surface area (TPSA) is 86.7 Å². The lowest BCUT2D eigenvalue weighted by Crippen LogP contribution is -2.52. The van der Waals surface area contributed by atoms with Crippen molar-refractivity contribution in [2.75, 3.05) is 19.3 Å². The van der Waals surface area contributed by atoms with Crippen molar-refractivity contribution in [1.82, 2.24) is 9.62 Å². The Balaban J connectivity index is 1.99. The van der Waals surface area contributed by atoms with Gasteiger partial charge in [-0.05, 0) is 30.5 Å². The van der Waals surface area contributed by atoms with Gasteiger partial charge in [-0.15, -0.1) is 0 Å². The van der Waals surface area contributed by atoms with Crippen LogP contribution in [-0.4, -0.2) is 49.1 Å². The second-order valence-corrected chi connectivity index (χ2v) is 7.75. The first-order valence-corrected chi connectivity index (χ1v) is 9.42. The fourth-order valence-electron chi connectivity index (χ4n) is 2.72. The highest BCUT2D eigenvalue weighted by Crippen LogP contribution is 2.20. The molecule has 1 aromatic rings. The molecule has 6 nitrogen and oxygen atoms in total. The lowest BCUT2D eigenvalue weighted by Gasteiger charge is -2.32. The monoisotopic (exact) mass is 362 g/mol. The molecule has 2 unspecified atom stereocenters. The first-order valence-electron chi connectivity index (χ1n) is 7.57. The Morgan fingerprint density at radius 2 is 2.08 bits per heavy atom. The molecule has 1 aliphatic rings. The third-order valence-electron chi connectivity index (χ3n) is 3.98. The van der Waals surface area contributed by atoms with Crippen LogP contribution in [0.25, 0.3) is 0 Å². The van der Waals surface area contributed by atoms with E-state index in [0.717, 1.165) is 29.1 Å². The number of aliphatic hydroxyl groups excluding tert-OH is 1. The van der Waals surface area contributed by atoms with Gasteiger partial charge in [0.1, 0.15) is 6.04 Å². The van der Waals surface area contributed by atoms with Crippen LogP contribution in [-0.2, 0) is 14.8 Å². The number of carbonyl (C=O) groups is 1. The molecule has 0 aliphatic carbocycles. The molecule has 9 heteroatoms. The van der Waals surface area contributed by atoms with Crippen molar-refractivity contribution < 1.29 is 27.1 Å². The van der Waals surface area contributed by atoms with Gasteiger partial charge in [0.25, 0.3) is 0 Å². The summed E-state index contributed by atoms with van der Waals surface area (Å²) < 4.78 is 50.7. The maximum atomic E-state index is 13.2. The lowest BCUT2D eigenvalue weighted by molar-refractivity contribution is -0.126. The van der Waals surface area contributed by atoms with Gasteiger partial charge in [-0.2, -0.15) is 4.31 Å². The molecule has 0 spiro atoms. The van der Waals surface area contributed by atoms with E-state index in [4.69, 9.17) is 0 Å². The van der Waals surface area contributed by atoms with Crippen molar-refractivity contribution in [3.05, 3.63) is 35.4 Å². The van der Waals surface area contributed by atoms with Gasteiger partial charge < -0.3 is 10.4 Å². The summed E-state index contributed by atoms with van der Waals surface area (Å²) in [6, 6.07) is 2.15. The number of amides is 1. The molecule has 0 aromatic heterocycles. The number of nitrogens with one attached hydrogen (secondary N) is 1. The van der Waals surface area contributed by atoms with Crippen molar-refractivity contribution in [1.29, 1.82) is 0 Å².